The van der Waals surface area contributed by atoms with Gasteiger partial charge in [-0.2, -0.15) is 0 Å². The van der Waals surface area contributed by atoms with Crippen LogP contribution in [0.4, 0.5) is 17.2 Å². The first kappa shape index (κ1) is 48.1. The Morgan fingerprint density at radius 3 is 2.33 bits per heavy atom. The number of fused-ring (bicyclic) bond motifs is 2. The first-order chi connectivity index (χ1) is 34.9. The number of aryl methyl sites for hydroxylation is 1. The summed E-state index contributed by atoms with van der Waals surface area (Å²) in [6.07, 6.45) is 3.14. The molecule has 6 atom stereocenters. The molecule has 3 aliphatic rings. The number of carbonyl (C=O) groups is 2. The van der Waals surface area contributed by atoms with E-state index in [1.807, 2.05) is 112 Å². The van der Waals surface area contributed by atoms with Crippen LogP contribution in [-0.4, -0.2) is 109 Å². The van der Waals surface area contributed by atoms with Crippen LogP contribution in [0.3, 0.4) is 0 Å². The van der Waals surface area contributed by atoms with Gasteiger partial charge in [0.2, 0.25) is 17.7 Å². The standard InChI is InChI=1S/C54H58N10O7S/c1-31(2)50(54(68)63-29-40(65)24-46(63)53(67)58-32(3)34-9-11-36(12-10-34)51-33(4)57-30-72-51)48-26-43(61-71-48)35-13-17-41(18-14-35)69-21-22-70-49-23-37(19-20-56-49)64-38-15-16-39(64)28-62(27-38)45-25-44(59-60-52(45)55)42-7-5-6-8-47(42)66/h5-14,17-20,23,25-26,30-32,38-40,46,50,65-66H,15-16,21-22,24,27-29H2,1-4H3,(H2,55,60)(H,58,67)/t32-,38?,39?,40+,46-,50+/m0/s1. The summed E-state index contributed by atoms with van der Waals surface area (Å²) in [4.78, 5) is 44.2. The van der Waals surface area contributed by atoms with Gasteiger partial charge in [-0.3, -0.25) is 9.59 Å². The van der Waals surface area contributed by atoms with Crippen molar-refractivity contribution in [2.75, 3.05) is 48.4 Å². The largest absolute Gasteiger partial charge is 0.507 e. The average molecular weight is 991 g/mol. The molecule has 4 aromatic heterocycles. The summed E-state index contributed by atoms with van der Waals surface area (Å²) < 4.78 is 17.9. The number of anilines is 3. The van der Waals surface area contributed by atoms with Gasteiger partial charge in [-0.1, -0.05) is 55.4 Å². The van der Waals surface area contributed by atoms with Crippen molar-refractivity contribution in [2.45, 2.75) is 83.1 Å². The van der Waals surface area contributed by atoms with Gasteiger partial charge in [0.15, 0.2) is 5.82 Å². The fourth-order valence-corrected chi connectivity index (χ4v) is 11.2. The third kappa shape index (κ3) is 10.0. The van der Waals surface area contributed by atoms with E-state index in [-0.39, 0.29) is 67.8 Å². The molecule has 0 radical (unpaired) electrons. The van der Waals surface area contributed by atoms with Crippen molar-refractivity contribution in [3.8, 4) is 50.3 Å². The molecule has 3 aliphatic heterocycles. The van der Waals surface area contributed by atoms with Gasteiger partial charge in [0.05, 0.1) is 39.6 Å². The first-order valence-corrected chi connectivity index (χ1v) is 25.3. The Labute approximate surface area is 421 Å². The molecule has 2 bridgehead atoms. The normalized spacial score (nSPS) is 19.4. The fraction of sp³-hybridized carbons (Fsp3) is 0.352. The summed E-state index contributed by atoms with van der Waals surface area (Å²) in [5.74, 6) is 0.502. The number of aliphatic hydroxyl groups excluding tert-OH is 1. The molecular weight excluding hydrogens is 933 g/mol. The number of phenols is 1. The van der Waals surface area contributed by atoms with Crippen LogP contribution >= 0.6 is 11.3 Å². The van der Waals surface area contributed by atoms with E-state index in [4.69, 9.17) is 19.7 Å². The molecule has 72 heavy (non-hydrogen) atoms. The molecule has 3 fully saturated rings. The van der Waals surface area contributed by atoms with Crippen LogP contribution in [0.15, 0.2) is 113 Å². The second-order valence-electron chi connectivity index (χ2n) is 19.1. The highest BCUT2D eigenvalue weighted by Gasteiger charge is 2.44. The maximum absolute atomic E-state index is 14.3. The number of benzene rings is 3. The number of carbonyl (C=O) groups excluding carboxylic acids is 2. The first-order valence-electron chi connectivity index (χ1n) is 24.4. The van der Waals surface area contributed by atoms with Crippen molar-refractivity contribution in [3.63, 3.8) is 0 Å². The number of phenolic OH excluding ortho intramolecular Hbond substituents is 1. The summed E-state index contributed by atoms with van der Waals surface area (Å²) in [6.45, 7) is 9.87. The number of hydrogen-bond donors (Lipinski definition) is 4. The molecule has 0 aliphatic carbocycles. The zero-order valence-electron chi connectivity index (χ0n) is 40.6. The summed E-state index contributed by atoms with van der Waals surface area (Å²) >= 11 is 1.59. The number of pyridine rings is 1. The maximum atomic E-state index is 14.3. The zero-order chi connectivity index (χ0) is 50.0. The van der Waals surface area contributed by atoms with E-state index in [1.165, 1.54) is 4.90 Å². The number of ether oxygens (including phenoxy) is 2. The number of nitrogens with two attached hydrogens (primary N) is 1. The quantitative estimate of drug-likeness (QED) is 0.0679. The van der Waals surface area contributed by atoms with Crippen LogP contribution < -0.4 is 30.3 Å². The predicted octanol–water partition coefficient (Wildman–Crippen LogP) is 7.81. The van der Waals surface area contributed by atoms with Gasteiger partial charge >= 0.3 is 0 Å². The van der Waals surface area contributed by atoms with Crippen LogP contribution in [0.25, 0.3) is 33.0 Å². The number of para-hydroxylation sites is 1. The summed E-state index contributed by atoms with van der Waals surface area (Å²) in [7, 11) is 0. The Morgan fingerprint density at radius 2 is 1.61 bits per heavy atom. The number of amides is 2. The van der Waals surface area contributed by atoms with E-state index in [1.54, 1.807) is 35.7 Å². The van der Waals surface area contributed by atoms with Crippen molar-refractivity contribution in [3.05, 3.63) is 126 Å². The predicted molar refractivity (Wildman–Crippen MR) is 275 cm³/mol. The lowest BCUT2D eigenvalue weighted by atomic mass is 9.91. The molecule has 5 N–H and O–H groups in total. The van der Waals surface area contributed by atoms with Crippen LogP contribution in [-0.2, 0) is 9.59 Å². The van der Waals surface area contributed by atoms with Crippen molar-refractivity contribution in [2.24, 2.45) is 5.92 Å². The Kier molecular flexibility index (Phi) is 13.8. The van der Waals surface area contributed by atoms with E-state index in [9.17, 15) is 19.8 Å². The van der Waals surface area contributed by atoms with Gasteiger partial charge in [-0.05, 0) is 92.3 Å². The number of thiazole rings is 1. The summed E-state index contributed by atoms with van der Waals surface area (Å²) in [6, 6.07) is 29.6. The van der Waals surface area contributed by atoms with E-state index < -0.39 is 18.1 Å². The molecule has 2 amide bonds. The molecular formula is C54H58N10O7S. The molecule has 17 nitrogen and oxygen atoms in total. The summed E-state index contributed by atoms with van der Waals surface area (Å²) in [5, 5.41) is 37.1. The van der Waals surface area contributed by atoms with Crippen LogP contribution in [0.2, 0.25) is 0 Å². The fourth-order valence-electron chi connectivity index (χ4n) is 10.3. The van der Waals surface area contributed by atoms with E-state index in [0.29, 0.717) is 40.2 Å². The minimum Gasteiger partial charge on any atom is -0.507 e. The van der Waals surface area contributed by atoms with Crippen molar-refractivity contribution in [1.29, 1.82) is 0 Å². The second-order valence-corrected chi connectivity index (χ2v) is 20.0. The number of β-amino-alcohol motifs (C(OH)–C–C–N with tert-alkyl or cyclic N) is 1. The highest BCUT2D eigenvalue weighted by Crippen LogP contribution is 2.40. The zero-order valence-corrected chi connectivity index (χ0v) is 41.4. The second kappa shape index (κ2) is 20.6. The third-order valence-corrected chi connectivity index (χ3v) is 15.0. The molecule has 18 heteroatoms. The highest BCUT2D eigenvalue weighted by atomic mass is 32.1. The SMILES string of the molecule is Cc1ncsc1-c1ccc([C@H](C)NC(=O)[C@@H]2C[C@@H](O)CN2C(=O)[C@@H](c2cc(-c3ccc(OCCOc4cc(N5C6CCC5CN(c5cc(-c7ccccc7O)nnc5N)C6)ccn4)cc3)no2)C(C)C)cc1. The molecule has 0 spiro atoms. The lowest BCUT2D eigenvalue weighted by Gasteiger charge is -2.43. The number of hydrogen-bond acceptors (Lipinski definition) is 16. The van der Waals surface area contributed by atoms with Crippen LogP contribution in [0, 0.1) is 12.8 Å². The Hall–Kier alpha value is -7.57. The van der Waals surface area contributed by atoms with Gasteiger partial charge in [0.25, 0.3) is 0 Å². The maximum Gasteiger partial charge on any atom is 0.243 e. The molecule has 3 aromatic carbocycles. The van der Waals surface area contributed by atoms with E-state index >= 15 is 0 Å². The number of piperazine rings is 1. The van der Waals surface area contributed by atoms with Gasteiger partial charge in [0.1, 0.15) is 48.1 Å². The number of likely N-dealkylation sites (tertiary alicyclic amines) is 1. The lowest BCUT2D eigenvalue weighted by Crippen LogP contribution is -2.54. The Balaban J connectivity index is 0.717. The number of rotatable bonds is 16. The smallest absolute Gasteiger partial charge is 0.243 e. The van der Waals surface area contributed by atoms with Gasteiger partial charge in [-0.15, -0.1) is 21.5 Å². The lowest BCUT2D eigenvalue weighted by molar-refractivity contribution is -0.141. The topological polar surface area (TPSA) is 218 Å². The number of nitrogens with one attached hydrogen (secondary N) is 1. The Bertz CT molecular complexity index is 3020. The molecule has 7 aromatic rings. The number of aliphatic hydroxyl groups is 1. The van der Waals surface area contributed by atoms with Crippen molar-refractivity contribution < 1.29 is 33.8 Å². The molecule has 2 unspecified atom stereocenters. The average Bonchev–Trinajstić information content (AvgIpc) is 4.19. The van der Waals surface area contributed by atoms with Crippen LogP contribution in [0.5, 0.6) is 17.4 Å². The molecule has 10 rings (SSSR count). The molecule has 7 heterocycles. The van der Waals surface area contributed by atoms with E-state index in [0.717, 1.165) is 64.6 Å². The highest BCUT2D eigenvalue weighted by molar-refractivity contribution is 7.13. The van der Waals surface area contributed by atoms with Gasteiger partial charge < -0.3 is 50.0 Å². The molecule has 372 valence electrons. The van der Waals surface area contributed by atoms with Crippen LogP contribution in [0.1, 0.15) is 69.0 Å². The molecule has 0 saturated carbocycles. The number of aromatic hydroxyl groups is 1. The number of nitrogen functional groups attached to an aromatic ring is 1. The monoisotopic (exact) mass is 990 g/mol. The third-order valence-electron chi connectivity index (χ3n) is 14.0. The van der Waals surface area contributed by atoms with Crippen molar-refractivity contribution >= 4 is 40.3 Å². The van der Waals surface area contributed by atoms with Crippen molar-refractivity contribution in [1.82, 2.24) is 35.5 Å². The molecule has 3 saturated heterocycles. The van der Waals surface area contributed by atoms with Gasteiger partial charge in [-0.25, -0.2) is 9.97 Å². The minimum absolute atomic E-state index is 0.0426. The van der Waals surface area contributed by atoms with E-state index in [2.05, 4.69) is 40.4 Å². The van der Waals surface area contributed by atoms with Gasteiger partial charge in [0, 0.05) is 73.3 Å². The summed E-state index contributed by atoms with van der Waals surface area (Å²) in [5.41, 5.74) is 15.5. The number of aromatic nitrogens is 5. The number of nitrogens with zero attached hydrogens (tertiary/aromatic N) is 8. The Morgan fingerprint density at radius 1 is 0.875 bits per heavy atom. The minimum atomic E-state index is -0.841.